The Morgan fingerprint density at radius 3 is 2.36 bits per heavy atom. The zero-order valence-corrected chi connectivity index (χ0v) is 16.0. The summed E-state index contributed by atoms with van der Waals surface area (Å²) >= 11 is 0. The molecule has 1 aliphatic rings. The molecule has 138 valence electrons. The smallest absolute Gasteiger partial charge is 0.267 e. The zero-order valence-electron chi connectivity index (χ0n) is 15.2. The summed E-state index contributed by atoms with van der Waals surface area (Å²) < 4.78 is 26.4. The average Bonchev–Trinajstić information content (AvgIpc) is 2.87. The maximum atomic E-state index is 12.8. The van der Waals surface area contributed by atoms with E-state index in [0.29, 0.717) is 12.5 Å². The summed E-state index contributed by atoms with van der Waals surface area (Å²) in [6.07, 6.45) is 3.97. The Bertz CT molecular complexity index is 728. The lowest BCUT2D eigenvalue weighted by Gasteiger charge is -2.22. The molecule has 1 amide bonds. The zero-order chi connectivity index (χ0) is 18.6. The molecule has 2 rings (SSSR count). The number of nitrogens with zero attached hydrogens (tertiary/aromatic N) is 2. The van der Waals surface area contributed by atoms with Crippen molar-refractivity contribution >= 4 is 21.9 Å². The highest BCUT2D eigenvalue weighted by Gasteiger charge is 2.40. The van der Waals surface area contributed by atoms with Gasteiger partial charge >= 0.3 is 0 Å². The standard InChI is InChI=1S/C18H27N3O3S/c1-4-6-15(5-2)11-12-20-17(22)13-21(18(20)19)25(23,24)16-9-7-14(3)8-10-16/h7-10,15,19H,4-6,11-13H2,1-3H3/t15-/m1/s1. The third kappa shape index (κ3) is 4.21. The summed E-state index contributed by atoms with van der Waals surface area (Å²) in [7, 11) is -3.88. The summed E-state index contributed by atoms with van der Waals surface area (Å²) in [5.74, 6) is -0.0719. The van der Waals surface area contributed by atoms with E-state index >= 15 is 0 Å². The van der Waals surface area contributed by atoms with E-state index in [1.807, 2.05) is 6.92 Å². The maximum Gasteiger partial charge on any atom is 0.267 e. The van der Waals surface area contributed by atoms with Crippen LogP contribution in [0.1, 0.15) is 45.1 Å². The van der Waals surface area contributed by atoms with Crippen molar-refractivity contribution < 1.29 is 13.2 Å². The molecule has 0 saturated carbocycles. The van der Waals surface area contributed by atoms with Crippen LogP contribution in [0.25, 0.3) is 0 Å². The lowest BCUT2D eigenvalue weighted by Crippen LogP contribution is -2.38. The van der Waals surface area contributed by atoms with Crippen LogP contribution in [0.2, 0.25) is 0 Å². The normalized spacial score (nSPS) is 16.6. The number of sulfonamides is 1. The van der Waals surface area contributed by atoms with Crippen LogP contribution in [0.5, 0.6) is 0 Å². The number of hydrogen-bond acceptors (Lipinski definition) is 4. The number of benzene rings is 1. The predicted molar refractivity (Wildman–Crippen MR) is 97.8 cm³/mol. The molecule has 1 saturated heterocycles. The fraction of sp³-hybridized carbons (Fsp3) is 0.556. The minimum atomic E-state index is -3.88. The number of rotatable bonds is 8. The first kappa shape index (κ1) is 19.4. The molecule has 6 nitrogen and oxygen atoms in total. The summed E-state index contributed by atoms with van der Waals surface area (Å²) in [4.78, 5) is 13.7. The van der Waals surface area contributed by atoms with Gasteiger partial charge in [0.1, 0.15) is 6.54 Å². The second kappa shape index (κ2) is 7.99. The van der Waals surface area contributed by atoms with Gasteiger partial charge in [-0.1, -0.05) is 50.8 Å². The molecule has 0 unspecified atom stereocenters. The fourth-order valence-corrected chi connectivity index (χ4v) is 4.42. The first-order valence-corrected chi connectivity index (χ1v) is 10.2. The van der Waals surface area contributed by atoms with Gasteiger partial charge in [0, 0.05) is 6.54 Å². The maximum absolute atomic E-state index is 12.8. The molecule has 1 N–H and O–H groups in total. The van der Waals surface area contributed by atoms with Crippen molar-refractivity contribution in [1.29, 1.82) is 5.41 Å². The Labute approximate surface area is 150 Å². The molecular formula is C18H27N3O3S. The average molecular weight is 365 g/mol. The lowest BCUT2D eigenvalue weighted by molar-refractivity contribution is -0.125. The quantitative estimate of drug-likeness (QED) is 0.769. The monoisotopic (exact) mass is 365 g/mol. The van der Waals surface area contributed by atoms with Crippen LogP contribution < -0.4 is 0 Å². The van der Waals surface area contributed by atoms with Crippen molar-refractivity contribution in [3.63, 3.8) is 0 Å². The SMILES string of the molecule is CCC[C@@H](CC)CCN1C(=N)N(S(=O)(=O)c2ccc(C)cc2)CC1=O. The Hall–Kier alpha value is -1.89. The molecular weight excluding hydrogens is 338 g/mol. The topological polar surface area (TPSA) is 81.5 Å². The number of carbonyl (C=O) groups excluding carboxylic acids is 1. The molecule has 0 spiro atoms. The summed E-state index contributed by atoms with van der Waals surface area (Å²) in [5.41, 5.74) is 0.953. The van der Waals surface area contributed by atoms with Gasteiger partial charge in [0.05, 0.1) is 4.90 Å². The number of hydrogen-bond donors (Lipinski definition) is 1. The third-order valence-electron chi connectivity index (χ3n) is 4.72. The molecule has 1 aromatic rings. The van der Waals surface area contributed by atoms with Gasteiger partial charge in [-0.3, -0.25) is 15.1 Å². The third-order valence-corrected chi connectivity index (χ3v) is 6.47. The van der Waals surface area contributed by atoms with Gasteiger partial charge in [-0.05, 0) is 31.4 Å². The first-order valence-electron chi connectivity index (χ1n) is 8.79. The Morgan fingerprint density at radius 2 is 1.80 bits per heavy atom. The van der Waals surface area contributed by atoms with Gasteiger partial charge in [-0.2, -0.15) is 0 Å². The van der Waals surface area contributed by atoms with Crippen LogP contribution in [-0.2, 0) is 14.8 Å². The van der Waals surface area contributed by atoms with E-state index in [-0.39, 0.29) is 23.3 Å². The molecule has 1 heterocycles. The van der Waals surface area contributed by atoms with E-state index in [2.05, 4.69) is 13.8 Å². The number of nitrogens with one attached hydrogen (secondary N) is 1. The van der Waals surface area contributed by atoms with E-state index in [1.165, 1.54) is 17.0 Å². The molecule has 1 atom stereocenters. The van der Waals surface area contributed by atoms with Gasteiger partial charge in [0.25, 0.3) is 10.0 Å². The summed E-state index contributed by atoms with van der Waals surface area (Å²) in [6.45, 7) is 6.23. The highest BCUT2D eigenvalue weighted by molar-refractivity contribution is 7.89. The van der Waals surface area contributed by atoms with Gasteiger partial charge in [0.2, 0.25) is 11.9 Å². The van der Waals surface area contributed by atoms with E-state index in [4.69, 9.17) is 5.41 Å². The minimum absolute atomic E-state index is 0.106. The molecule has 7 heteroatoms. The number of guanidine groups is 1. The summed E-state index contributed by atoms with van der Waals surface area (Å²) in [5, 5.41) is 8.20. The van der Waals surface area contributed by atoms with Crippen molar-refractivity contribution in [2.24, 2.45) is 5.92 Å². The molecule has 0 bridgehead atoms. The van der Waals surface area contributed by atoms with Crippen LogP contribution >= 0.6 is 0 Å². The van der Waals surface area contributed by atoms with E-state index in [1.54, 1.807) is 12.1 Å². The molecule has 0 aromatic heterocycles. The van der Waals surface area contributed by atoms with Crippen LogP contribution in [0.15, 0.2) is 29.2 Å². The van der Waals surface area contributed by atoms with Gasteiger partial charge in [0.15, 0.2) is 0 Å². The second-order valence-corrected chi connectivity index (χ2v) is 8.41. The predicted octanol–water partition coefficient (Wildman–Crippen LogP) is 2.98. The molecule has 0 aliphatic carbocycles. The minimum Gasteiger partial charge on any atom is -0.280 e. The summed E-state index contributed by atoms with van der Waals surface area (Å²) in [6, 6.07) is 6.45. The molecule has 1 fully saturated rings. The second-order valence-electron chi connectivity index (χ2n) is 6.55. The highest BCUT2D eigenvalue weighted by atomic mass is 32.2. The van der Waals surface area contributed by atoms with Crippen LogP contribution in [0, 0.1) is 18.3 Å². The Kier molecular flexibility index (Phi) is 6.21. The van der Waals surface area contributed by atoms with Crippen molar-refractivity contribution in [2.75, 3.05) is 13.1 Å². The molecule has 1 aliphatic heterocycles. The van der Waals surface area contributed by atoms with E-state index in [9.17, 15) is 13.2 Å². The molecule has 0 radical (unpaired) electrons. The van der Waals surface area contributed by atoms with Crippen LogP contribution in [0.4, 0.5) is 0 Å². The van der Waals surface area contributed by atoms with Crippen molar-refractivity contribution in [1.82, 2.24) is 9.21 Å². The van der Waals surface area contributed by atoms with Crippen molar-refractivity contribution in [3.05, 3.63) is 29.8 Å². The Balaban J connectivity index is 2.13. The van der Waals surface area contributed by atoms with Crippen LogP contribution in [0.3, 0.4) is 0 Å². The lowest BCUT2D eigenvalue weighted by atomic mass is 9.97. The van der Waals surface area contributed by atoms with E-state index in [0.717, 1.165) is 35.6 Å². The Morgan fingerprint density at radius 1 is 1.16 bits per heavy atom. The number of amides is 1. The van der Waals surface area contributed by atoms with Gasteiger partial charge in [-0.15, -0.1) is 0 Å². The molecule has 25 heavy (non-hydrogen) atoms. The van der Waals surface area contributed by atoms with E-state index < -0.39 is 10.0 Å². The number of aryl methyl sites for hydroxylation is 1. The van der Waals surface area contributed by atoms with Gasteiger partial charge in [-0.25, -0.2) is 12.7 Å². The van der Waals surface area contributed by atoms with Crippen molar-refractivity contribution in [3.8, 4) is 0 Å². The fourth-order valence-electron chi connectivity index (χ4n) is 3.08. The largest absolute Gasteiger partial charge is 0.280 e. The number of carbonyl (C=O) groups is 1. The molecule has 1 aromatic carbocycles. The van der Waals surface area contributed by atoms with Gasteiger partial charge < -0.3 is 0 Å². The first-order chi connectivity index (χ1) is 11.8. The highest BCUT2D eigenvalue weighted by Crippen LogP contribution is 2.23. The van der Waals surface area contributed by atoms with Crippen LogP contribution in [-0.4, -0.2) is 42.6 Å². The van der Waals surface area contributed by atoms with Crippen molar-refractivity contribution in [2.45, 2.75) is 51.3 Å².